The van der Waals surface area contributed by atoms with Crippen molar-refractivity contribution in [1.82, 2.24) is 0 Å². The molecule has 0 aromatic heterocycles. The normalized spacial score (nSPS) is 11.7. The van der Waals surface area contributed by atoms with Gasteiger partial charge >= 0.3 is 11.9 Å². The van der Waals surface area contributed by atoms with Crippen molar-refractivity contribution < 1.29 is 19.1 Å². The van der Waals surface area contributed by atoms with E-state index in [-0.39, 0.29) is 17.7 Å². The molecule has 0 amide bonds. The highest BCUT2D eigenvalue weighted by Gasteiger charge is 2.23. The van der Waals surface area contributed by atoms with E-state index in [0.717, 1.165) is 5.56 Å². The van der Waals surface area contributed by atoms with Crippen molar-refractivity contribution in [2.45, 2.75) is 12.2 Å². The highest BCUT2D eigenvalue weighted by atomic mass is 32.2. The minimum atomic E-state index is -0.495. The smallest absolute Gasteiger partial charge is 0.323 e. The summed E-state index contributed by atoms with van der Waals surface area (Å²) in [4.78, 5) is 23.0. The lowest BCUT2D eigenvalue weighted by molar-refractivity contribution is -0.142. The van der Waals surface area contributed by atoms with E-state index >= 15 is 0 Å². The van der Waals surface area contributed by atoms with E-state index in [0.29, 0.717) is 6.61 Å². The molecule has 1 unspecified atom stereocenters. The molecule has 0 bridgehead atoms. The second-order valence-electron chi connectivity index (χ2n) is 3.43. The summed E-state index contributed by atoms with van der Waals surface area (Å²) in [5.74, 6) is -0.572. The van der Waals surface area contributed by atoms with Gasteiger partial charge in [-0.15, -0.1) is 11.8 Å². The van der Waals surface area contributed by atoms with E-state index in [1.54, 1.807) is 6.92 Å². The predicted octanol–water partition coefficient (Wildman–Crippen LogP) is 2.20. The second kappa shape index (κ2) is 7.76. The number of carbonyl (C=O) groups excluding carboxylic acids is 2. The fraction of sp³-hybridized carbons (Fsp3) is 0.385. The lowest BCUT2D eigenvalue weighted by atomic mass is 10.1. The quantitative estimate of drug-likeness (QED) is 0.740. The average molecular weight is 268 g/mol. The van der Waals surface area contributed by atoms with Crippen LogP contribution in [-0.2, 0) is 19.1 Å². The van der Waals surface area contributed by atoms with Gasteiger partial charge in [-0.05, 0) is 12.5 Å². The molecule has 5 heteroatoms. The zero-order valence-electron chi connectivity index (χ0n) is 10.4. The van der Waals surface area contributed by atoms with E-state index < -0.39 is 5.25 Å². The Morgan fingerprint density at radius 2 is 1.94 bits per heavy atom. The first-order valence-corrected chi connectivity index (χ1v) is 6.64. The van der Waals surface area contributed by atoms with Gasteiger partial charge in [-0.1, -0.05) is 30.3 Å². The van der Waals surface area contributed by atoms with Crippen molar-refractivity contribution in [2.75, 3.05) is 19.5 Å². The summed E-state index contributed by atoms with van der Waals surface area (Å²) in [7, 11) is 1.32. The molecule has 0 aliphatic heterocycles. The number of thioether (sulfide) groups is 1. The van der Waals surface area contributed by atoms with Crippen LogP contribution in [0.1, 0.15) is 17.7 Å². The SMILES string of the molecule is CCOC(=O)C(SCC(=O)OC)c1ccccc1. The van der Waals surface area contributed by atoms with Crippen LogP contribution < -0.4 is 0 Å². The van der Waals surface area contributed by atoms with Crippen molar-refractivity contribution in [3.8, 4) is 0 Å². The minimum Gasteiger partial charge on any atom is -0.468 e. The lowest BCUT2D eigenvalue weighted by Crippen LogP contribution is -2.15. The number of hydrogen-bond donors (Lipinski definition) is 0. The van der Waals surface area contributed by atoms with E-state index in [1.165, 1.54) is 18.9 Å². The van der Waals surface area contributed by atoms with Crippen LogP contribution in [0.5, 0.6) is 0 Å². The van der Waals surface area contributed by atoms with Gasteiger partial charge < -0.3 is 9.47 Å². The maximum atomic E-state index is 11.8. The molecule has 0 heterocycles. The van der Waals surface area contributed by atoms with Crippen molar-refractivity contribution in [2.24, 2.45) is 0 Å². The summed E-state index contributed by atoms with van der Waals surface area (Å²) in [5.41, 5.74) is 0.824. The summed E-state index contributed by atoms with van der Waals surface area (Å²) < 4.78 is 9.58. The van der Waals surface area contributed by atoms with Crippen molar-refractivity contribution >= 4 is 23.7 Å². The summed E-state index contributed by atoms with van der Waals surface area (Å²) in [5, 5.41) is -0.495. The molecule has 1 aromatic carbocycles. The third kappa shape index (κ3) is 4.41. The Balaban J connectivity index is 2.75. The van der Waals surface area contributed by atoms with Crippen molar-refractivity contribution in [1.29, 1.82) is 0 Å². The number of methoxy groups -OCH3 is 1. The molecule has 0 aliphatic carbocycles. The molecular formula is C13H16O4S. The van der Waals surface area contributed by atoms with Gasteiger partial charge in [0.1, 0.15) is 5.25 Å². The Kier molecular flexibility index (Phi) is 6.28. The first-order chi connectivity index (χ1) is 8.69. The fourth-order valence-corrected chi connectivity index (χ4v) is 2.33. The van der Waals surface area contributed by atoms with Gasteiger partial charge in [-0.3, -0.25) is 9.59 Å². The summed E-state index contributed by atoms with van der Waals surface area (Å²) in [6, 6.07) is 9.24. The molecule has 18 heavy (non-hydrogen) atoms. The number of benzene rings is 1. The molecule has 98 valence electrons. The van der Waals surface area contributed by atoms with Crippen LogP contribution in [0.15, 0.2) is 30.3 Å². The molecule has 4 nitrogen and oxygen atoms in total. The first-order valence-electron chi connectivity index (χ1n) is 5.59. The van der Waals surface area contributed by atoms with Crippen LogP contribution in [0.3, 0.4) is 0 Å². The zero-order valence-corrected chi connectivity index (χ0v) is 11.2. The van der Waals surface area contributed by atoms with Crippen LogP contribution in [0.2, 0.25) is 0 Å². The Hall–Kier alpha value is -1.49. The molecule has 0 saturated heterocycles. The number of hydrogen-bond acceptors (Lipinski definition) is 5. The molecule has 0 aliphatic rings. The largest absolute Gasteiger partial charge is 0.468 e. The third-order valence-corrected chi connectivity index (χ3v) is 3.40. The van der Waals surface area contributed by atoms with Gasteiger partial charge in [-0.25, -0.2) is 0 Å². The number of carbonyl (C=O) groups is 2. The van der Waals surface area contributed by atoms with Gasteiger partial charge in [0.15, 0.2) is 0 Å². The number of esters is 2. The van der Waals surface area contributed by atoms with Gasteiger partial charge in [0, 0.05) is 0 Å². The molecule has 1 atom stereocenters. The Morgan fingerprint density at radius 1 is 1.28 bits per heavy atom. The molecule has 0 spiro atoms. The monoisotopic (exact) mass is 268 g/mol. The Bertz CT molecular complexity index is 391. The fourth-order valence-electron chi connectivity index (χ4n) is 1.36. The molecule has 0 saturated carbocycles. The van der Waals surface area contributed by atoms with Crippen molar-refractivity contribution in [3.63, 3.8) is 0 Å². The highest BCUT2D eigenvalue weighted by molar-refractivity contribution is 8.00. The molecular weight excluding hydrogens is 252 g/mol. The lowest BCUT2D eigenvalue weighted by Gasteiger charge is -2.14. The van der Waals surface area contributed by atoms with E-state index in [1.807, 2.05) is 30.3 Å². The van der Waals surface area contributed by atoms with Crippen LogP contribution in [0, 0.1) is 0 Å². The number of ether oxygens (including phenoxy) is 2. The van der Waals surface area contributed by atoms with Crippen LogP contribution >= 0.6 is 11.8 Å². The maximum absolute atomic E-state index is 11.8. The second-order valence-corrected chi connectivity index (χ2v) is 4.52. The van der Waals surface area contributed by atoms with E-state index in [2.05, 4.69) is 4.74 Å². The topological polar surface area (TPSA) is 52.6 Å². The minimum absolute atomic E-state index is 0.120. The zero-order chi connectivity index (χ0) is 13.4. The van der Waals surface area contributed by atoms with Gasteiger partial charge in [0.25, 0.3) is 0 Å². The molecule has 0 N–H and O–H groups in total. The third-order valence-electron chi connectivity index (χ3n) is 2.20. The average Bonchev–Trinajstić information content (AvgIpc) is 2.40. The van der Waals surface area contributed by atoms with Gasteiger partial charge in [0.2, 0.25) is 0 Å². The molecule has 1 rings (SSSR count). The van der Waals surface area contributed by atoms with Crippen molar-refractivity contribution in [3.05, 3.63) is 35.9 Å². The van der Waals surface area contributed by atoms with Crippen LogP contribution in [0.25, 0.3) is 0 Å². The molecule has 0 fully saturated rings. The standard InChI is InChI=1S/C13H16O4S/c1-3-17-13(15)12(18-9-11(14)16-2)10-7-5-4-6-8-10/h4-8,12H,3,9H2,1-2H3. The summed E-state index contributed by atoms with van der Waals surface area (Å²) >= 11 is 1.21. The summed E-state index contributed by atoms with van der Waals surface area (Å²) in [6.45, 7) is 2.08. The Morgan fingerprint density at radius 3 is 2.50 bits per heavy atom. The number of rotatable bonds is 6. The molecule has 1 aromatic rings. The van der Waals surface area contributed by atoms with E-state index in [9.17, 15) is 9.59 Å². The van der Waals surface area contributed by atoms with E-state index in [4.69, 9.17) is 4.74 Å². The Labute approximate surface area is 111 Å². The van der Waals surface area contributed by atoms with Crippen LogP contribution in [0.4, 0.5) is 0 Å². The first kappa shape index (κ1) is 14.6. The summed E-state index contributed by atoms with van der Waals surface area (Å²) in [6.07, 6.45) is 0. The molecule has 0 radical (unpaired) electrons. The maximum Gasteiger partial charge on any atom is 0.323 e. The van der Waals surface area contributed by atoms with Crippen LogP contribution in [-0.4, -0.2) is 31.4 Å². The predicted molar refractivity (Wildman–Crippen MR) is 70.3 cm³/mol. The van der Waals surface area contributed by atoms with Gasteiger partial charge in [-0.2, -0.15) is 0 Å². The van der Waals surface area contributed by atoms with Gasteiger partial charge in [0.05, 0.1) is 19.5 Å². The highest BCUT2D eigenvalue weighted by Crippen LogP contribution is 2.30.